The van der Waals surface area contributed by atoms with Crippen LogP contribution in [0.4, 0.5) is 4.39 Å². The number of aromatic amines is 1. The van der Waals surface area contributed by atoms with Crippen molar-refractivity contribution in [3.8, 4) is 5.69 Å². The van der Waals surface area contributed by atoms with Gasteiger partial charge in [0.05, 0.1) is 12.0 Å². The van der Waals surface area contributed by atoms with Crippen LogP contribution in [0.1, 0.15) is 23.0 Å². The summed E-state index contributed by atoms with van der Waals surface area (Å²) in [6.07, 6.45) is 3.05. The number of carbonyl (C=O) groups is 1. The van der Waals surface area contributed by atoms with Crippen LogP contribution >= 0.6 is 0 Å². The maximum absolute atomic E-state index is 13.1. The lowest BCUT2D eigenvalue weighted by Gasteiger charge is -2.09. The SMILES string of the molecule is CCc1cc(=O)n(CCNC(=O)c2c[nH]c(=O)n(-c3ccc(F)cc3)c2=O)cn1. The van der Waals surface area contributed by atoms with Gasteiger partial charge >= 0.3 is 5.69 Å². The third-order valence-corrected chi connectivity index (χ3v) is 4.24. The normalized spacial score (nSPS) is 10.7. The second-order valence-electron chi connectivity index (χ2n) is 6.15. The first-order valence-electron chi connectivity index (χ1n) is 8.85. The predicted molar refractivity (Wildman–Crippen MR) is 103 cm³/mol. The van der Waals surface area contributed by atoms with Crippen molar-refractivity contribution in [3.05, 3.63) is 91.1 Å². The monoisotopic (exact) mass is 399 g/mol. The van der Waals surface area contributed by atoms with E-state index >= 15 is 0 Å². The average molecular weight is 399 g/mol. The number of halogens is 1. The zero-order valence-corrected chi connectivity index (χ0v) is 15.5. The molecule has 1 aromatic carbocycles. The molecule has 0 saturated heterocycles. The fourth-order valence-corrected chi connectivity index (χ4v) is 2.67. The molecule has 0 fully saturated rings. The zero-order valence-electron chi connectivity index (χ0n) is 15.5. The van der Waals surface area contributed by atoms with E-state index in [1.54, 1.807) is 0 Å². The molecule has 2 N–H and O–H groups in total. The molecule has 2 heterocycles. The summed E-state index contributed by atoms with van der Waals surface area (Å²) in [6.45, 7) is 2.12. The molecule has 2 aromatic heterocycles. The smallest absolute Gasteiger partial charge is 0.333 e. The van der Waals surface area contributed by atoms with E-state index < -0.39 is 23.0 Å². The van der Waals surface area contributed by atoms with Gasteiger partial charge in [0.2, 0.25) is 0 Å². The number of hydrogen-bond donors (Lipinski definition) is 2. The van der Waals surface area contributed by atoms with Gasteiger partial charge < -0.3 is 10.3 Å². The first-order valence-corrected chi connectivity index (χ1v) is 8.85. The Bertz CT molecular complexity index is 1210. The fourth-order valence-electron chi connectivity index (χ4n) is 2.67. The number of nitrogens with zero attached hydrogens (tertiary/aromatic N) is 3. The Morgan fingerprint density at radius 2 is 1.93 bits per heavy atom. The first-order chi connectivity index (χ1) is 13.9. The molecule has 9 nitrogen and oxygen atoms in total. The zero-order chi connectivity index (χ0) is 21.0. The number of nitrogens with one attached hydrogen (secondary N) is 2. The van der Waals surface area contributed by atoms with E-state index in [0.717, 1.165) is 22.9 Å². The molecule has 0 aliphatic heterocycles. The summed E-state index contributed by atoms with van der Waals surface area (Å²) in [5.41, 5.74) is -1.34. The second-order valence-corrected chi connectivity index (χ2v) is 6.15. The van der Waals surface area contributed by atoms with E-state index in [0.29, 0.717) is 12.1 Å². The Balaban J connectivity index is 1.77. The molecule has 1 amide bonds. The van der Waals surface area contributed by atoms with Crippen molar-refractivity contribution in [2.45, 2.75) is 19.9 Å². The predicted octanol–water partition coefficient (Wildman–Crippen LogP) is 0.214. The quantitative estimate of drug-likeness (QED) is 0.614. The lowest BCUT2D eigenvalue weighted by Crippen LogP contribution is -2.40. The van der Waals surface area contributed by atoms with Gasteiger partial charge in [-0.1, -0.05) is 6.92 Å². The molecule has 0 unspecified atom stereocenters. The van der Waals surface area contributed by atoms with E-state index in [-0.39, 0.29) is 29.9 Å². The average Bonchev–Trinajstić information content (AvgIpc) is 2.70. The van der Waals surface area contributed by atoms with Gasteiger partial charge in [-0.2, -0.15) is 0 Å². The summed E-state index contributed by atoms with van der Waals surface area (Å²) in [6, 6.07) is 6.14. The minimum absolute atomic E-state index is 0.0704. The van der Waals surface area contributed by atoms with Gasteiger partial charge in [-0.25, -0.2) is 18.7 Å². The number of amides is 1. The van der Waals surface area contributed by atoms with E-state index in [2.05, 4.69) is 15.3 Å². The molecule has 0 aliphatic rings. The van der Waals surface area contributed by atoms with Crippen LogP contribution in [0.2, 0.25) is 0 Å². The van der Waals surface area contributed by atoms with Gasteiger partial charge in [0.15, 0.2) is 0 Å². The van der Waals surface area contributed by atoms with Crippen LogP contribution in [0.3, 0.4) is 0 Å². The highest BCUT2D eigenvalue weighted by molar-refractivity contribution is 5.93. The van der Waals surface area contributed by atoms with E-state index in [1.807, 2.05) is 6.92 Å². The van der Waals surface area contributed by atoms with Crippen LogP contribution in [-0.4, -0.2) is 31.6 Å². The lowest BCUT2D eigenvalue weighted by molar-refractivity contribution is 0.0949. The summed E-state index contributed by atoms with van der Waals surface area (Å²) in [5, 5.41) is 2.53. The number of rotatable bonds is 6. The topological polar surface area (TPSA) is 119 Å². The number of benzene rings is 1. The maximum Gasteiger partial charge on any atom is 0.333 e. The van der Waals surface area contributed by atoms with Crippen LogP contribution in [0, 0.1) is 5.82 Å². The molecule has 0 atom stereocenters. The Morgan fingerprint density at radius 3 is 2.59 bits per heavy atom. The third kappa shape index (κ3) is 4.37. The Kier molecular flexibility index (Phi) is 5.82. The summed E-state index contributed by atoms with van der Waals surface area (Å²) >= 11 is 0. The van der Waals surface area contributed by atoms with Gasteiger partial charge in [0.1, 0.15) is 11.4 Å². The highest BCUT2D eigenvalue weighted by atomic mass is 19.1. The molecule has 0 bridgehead atoms. The molecule has 3 rings (SSSR count). The second kappa shape index (κ2) is 8.46. The van der Waals surface area contributed by atoms with Crippen LogP contribution in [-0.2, 0) is 13.0 Å². The summed E-state index contributed by atoms with van der Waals surface area (Å²) < 4.78 is 15.2. The summed E-state index contributed by atoms with van der Waals surface area (Å²) in [5.74, 6) is -1.24. The summed E-state index contributed by atoms with van der Waals surface area (Å²) in [7, 11) is 0. The fraction of sp³-hybridized carbons (Fsp3) is 0.211. The van der Waals surface area contributed by atoms with Crippen molar-refractivity contribution < 1.29 is 9.18 Å². The molecule has 0 radical (unpaired) electrons. The van der Waals surface area contributed by atoms with Crippen molar-refractivity contribution in [1.29, 1.82) is 0 Å². The van der Waals surface area contributed by atoms with Crippen LogP contribution < -0.4 is 22.1 Å². The van der Waals surface area contributed by atoms with Gasteiger partial charge in [-0.05, 0) is 30.7 Å². The molecule has 10 heteroatoms. The van der Waals surface area contributed by atoms with Crippen molar-refractivity contribution in [2.24, 2.45) is 0 Å². The van der Waals surface area contributed by atoms with Crippen LogP contribution in [0.25, 0.3) is 5.69 Å². The minimum Gasteiger partial charge on any atom is -0.350 e. The molecule has 0 saturated carbocycles. The molecule has 0 spiro atoms. The minimum atomic E-state index is -0.844. The Morgan fingerprint density at radius 1 is 1.21 bits per heavy atom. The maximum atomic E-state index is 13.1. The Labute approximate surface area is 163 Å². The number of aryl methyl sites for hydroxylation is 1. The number of carbonyl (C=O) groups excluding carboxylic acids is 1. The highest BCUT2D eigenvalue weighted by Gasteiger charge is 2.15. The van der Waals surface area contributed by atoms with E-state index in [9.17, 15) is 23.6 Å². The third-order valence-electron chi connectivity index (χ3n) is 4.24. The van der Waals surface area contributed by atoms with Gasteiger partial charge in [-0.3, -0.25) is 19.0 Å². The highest BCUT2D eigenvalue weighted by Crippen LogP contribution is 2.04. The lowest BCUT2D eigenvalue weighted by atomic mass is 10.2. The van der Waals surface area contributed by atoms with Crippen LogP contribution in [0.5, 0.6) is 0 Å². The van der Waals surface area contributed by atoms with Crippen molar-refractivity contribution >= 4 is 5.91 Å². The molecule has 150 valence electrons. The number of H-pyrrole nitrogens is 1. The summed E-state index contributed by atoms with van der Waals surface area (Å²) in [4.78, 5) is 55.4. The molecular formula is C19H18FN5O4. The van der Waals surface area contributed by atoms with E-state index in [1.165, 1.54) is 29.1 Å². The van der Waals surface area contributed by atoms with Crippen molar-refractivity contribution in [2.75, 3.05) is 6.54 Å². The van der Waals surface area contributed by atoms with Crippen molar-refractivity contribution in [1.82, 2.24) is 24.4 Å². The molecule has 29 heavy (non-hydrogen) atoms. The Hall–Kier alpha value is -3.82. The first kappa shape index (κ1) is 19.9. The van der Waals surface area contributed by atoms with E-state index in [4.69, 9.17) is 0 Å². The van der Waals surface area contributed by atoms with Gasteiger partial charge in [0.25, 0.3) is 17.0 Å². The number of hydrogen-bond acceptors (Lipinski definition) is 5. The van der Waals surface area contributed by atoms with Crippen molar-refractivity contribution in [3.63, 3.8) is 0 Å². The van der Waals surface area contributed by atoms with Crippen LogP contribution in [0.15, 0.2) is 57.2 Å². The molecule has 3 aromatic rings. The number of aromatic nitrogens is 4. The molecular weight excluding hydrogens is 381 g/mol. The van der Waals surface area contributed by atoms with Gasteiger partial charge in [0, 0.05) is 31.0 Å². The standard InChI is InChI=1S/C19H18FN5O4/c1-2-13-9-16(26)24(11-23-13)8-7-21-17(27)15-10-22-19(29)25(18(15)28)14-5-3-12(20)4-6-14/h3-6,9-11H,2,7-8H2,1H3,(H,21,27)(H,22,29). The largest absolute Gasteiger partial charge is 0.350 e. The molecule has 0 aliphatic carbocycles. The van der Waals surface area contributed by atoms with Gasteiger partial charge in [-0.15, -0.1) is 0 Å².